The van der Waals surface area contributed by atoms with Gasteiger partial charge in [0.2, 0.25) is 5.91 Å². The first-order valence-electron chi connectivity index (χ1n) is 11.9. The van der Waals surface area contributed by atoms with Crippen molar-refractivity contribution in [2.45, 2.75) is 31.6 Å². The van der Waals surface area contributed by atoms with Crippen LogP contribution in [0, 0.1) is 0 Å². The molecular formula is C28H32ClN3O3. The number of halogens is 1. The molecule has 1 heterocycles. The van der Waals surface area contributed by atoms with Gasteiger partial charge in [0.1, 0.15) is 11.5 Å². The highest BCUT2D eigenvalue weighted by molar-refractivity contribution is 6.30. The summed E-state index contributed by atoms with van der Waals surface area (Å²) in [4.78, 5) is 15.2. The van der Waals surface area contributed by atoms with Crippen molar-refractivity contribution in [3.8, 4) is 11.5 Å². The largest absolute Gasteiger partial charge is 0.457 e. The minimum atomic E-state index is -0.201. The molecule has 1 aliphatic rings. The fourth-order valence-corrected chi connectivity index (χ4v) is 4.45. The molecule has 2 atom stereocenters. The molecule has 0 saturated carbocycles. The number of nitrogens with zero attached hydrogens (tertiary/aromatic N) is 1. The molecule has 0 bridgehead atoms. The average Bonchev–Trinajstić information content (AvgIpc) is 3.28. The van der Waals surface area contributed by atoms with Gasteiger partial charge in [-0.2, -0.15) is 0 Å². The van der Waals surface area contributed by atoms with Gasteiger partial charge in [-0.3, -0.25) is 9.69 Å². The molecular weight excluding hydrogens is 462 g/mol. The van der Waals surface area contributed by atoms with E-state index in [1.807, 2.05) is 66.7 Å². The van der Waals surface area contributed by atoms with Gasteiger partial charge in [0.25, 0.3) is 0 Å². The van der Waals surface area contributed by atoms with E-state index in [2.05, 4.69) is 27.7 Å². The average molecular weight is 494 g/mol. The first-order valence-corrected chi connectivity index (χ1v) is 12.3. The summed E-state index contributed by atoms with van der Waals surface area (Å²) in [6.45, 7) is 3.18. The van der Waals surface area contributed by atoms with Gasteiger partial charge in [0.15, 0.2) is 0 Å². The van der Waals surface area contributed by atoms with Gasteiger partial charge in [-0.05, 0) is 53.9 Å². The predicted octanol–water partition coefficient (Wildman–Crippen LogP) is 4.63. The molecule has 1 saturated heterocycles. The smallest absolute Gasteiger partial charge is 0.237 e. The maximum atomic E-state index is 12.9. The second-order valence-electron chi connectivity index (χ2n) is 8.73. The van der Waals surface area contributed by atoms with Gasteiger partial charge in [-0.1, -0.05) is 54.1 Å². The Bertz CT molecular complexity index is 1080. The normalized spacial score (nSPS) is 17.9. The van der Waals surface area contributed by atoms with Crippen molar-refractivity contribution in [3.05, 3.63) is 95.0 Å². The Hall–Kier alpha value is -2.90. The van der Waals surface area contributed by atoms with Gasteiger partial charge in [-0.25, -0.2) is 0 Å². The van der Waals surface area contributed by atoms with E-state index in [4.69, 9.17) is 21.1 Å². The number of para-hydroxylation sites is 1. The Kier molecular flexibility index (Phi) is 9.15. The second kappa shape index (κ2) is 12.7. The number of likely N-dealkylation sites (tertiary alicyclic amines) is 1. The molecule has 1 aliphatic heterocycles. The van der Waals surface area contributed by atoms with E-state index in [1.165, 1.54) is 0 Å². The van der Waals surface area contributed by atoms with Crippen LogP contribution in [0.3, 0.4) is 0 Å². The Morgan fingerprint density at radius 3 is 2.54 bits per heavy atom. The molecule has 0 aromatic heterocycles. The number of ether oxygens (including phenoxy) is 2. The van der Waals surface area contributed by atoms with E-state index in [0.717, 1.165) is 35.6 Å². The van der Waals surface area contributed by atoms with Gasteiger partial charge >= 0.3 is 0 Å². The quantitative estimate of drug-likeness (QED) is 0.381. The second-order valence-corrected chi connectivity index (χ2v) is 9.17. The summed E-state index contributed by atoms with van der Waals surface area (Å²) in [6.07, 6.45) is 0.743. The van der Waals surface area contributed by atoms with Crippen LogP contribution in [0.25, 0.3) is 0 Å². The SMILES string of the molecule is COCCNC(=O)[C@@H]1C[C@@H](NCc2cccc(Oc3ccccc3)c2)CN1Cc1ccc(Cl)cc1. The summed E-state index contributed by atoms with van der Waals surface area (Å²) < 4.78 is 11.1. The molecule has 6 nitrogen and oxygen atoms in total. The lowest BCUT2D eigenvalue weighted by molar-refractivity contribution is -0.125. The third-order valence-corrected chi connectivity index (χ3v) is 6.33. The highest BCUT2D eigenvalue weighted by Crippen LogP contribution is 2.24. The number of rotatable bonds is 11. The fraction of sp³-hybridized carbons (Fsp3) is 0.321. The summed E-state index contributed by atoms with van der Waals surface area (Å²) in [5.74, 6) is 1.66. The van der Waals surface area contributed by atoms with E-state index in [-0.39, 0.29) is 18.0 Å². The summed E-state index contributed by atoms with van der Waals surface area (Å²) >= 11 is 6.05. The van der Waals surface area contributed by atoms with Crippen molar-refractivity contribution in [3.63, 3.8) is 0 Å². The summed E-state index contributed by atoms with van der Waals surface area (Å²) in [5.41, 5.74) is 2.27. The van der Waals surface area contributed by atoms with Crippen LogP contribution >= 0.6 is 11.6 Å². The maximum absolute atomic E-state index is 12.9. The molecule has 0 aliphatic carbocycles. The van der Waals surface area contributed by atoms with Crippen molar-refractivity contribution in [2.24, 2.45) is 0 Å². The van der Waals surface area contributed by atoms with Crippen LogP contribution < -0.4 is 15.4 Å². The zero-order valence-electron chi connectivity index (χ0n) is 20.0. The first kappa shape index (κ1) is 25.2. The summed E-state index contributed by atoms with van der Waals surface area (Å²) in [5, 5.41) is 7.36. The third-order valence-electron chi connectivity index (χ3n) is 6.08. The minimum absolute atomic E-state index is 0.0403. The minimum Gasteiger partial charge on any atom is -0.457 e. The predicted molar refractivity (Wildman–Crippen MR) is 139 cm³/mol. The van der Waals surface area contributed by atoms with E-state index < -0.39 is 0 Å². The number of hydrogen-bond acceptors (Lipinski definition) is 5. The fourth-order valence-electron chi connectivity index (χ4n) is 4.32. The lowest BCUT2D eigenvalue weighted by Crippen LogP contribution is -2.43. The van der Waals surface area contributed by atoms with Crippen LogP contribution in [0.1, 0.15) is 17.5 Å². The number of nitrogens with one attached hydrogen (secondary N) is 2. The number of carbonyl (C=O) groups excluding carboxylic acids is 1. The van der Waals surface area contributed by atoms with Gasteiger partial charge < -0.3 is 20.1 Å². The Morgan fingerprint density at radius 2 is 1.77 bits per heavy atom. The Balaban J connectivity index is 1.37. The van der Waals surface area contributed by atoms with Crippen LogP contribution in [0.5, 0.6) is 11.5 Å². The number of carbonyl (C=O) groups is 1. The Labute approximate surface area is 212 Å². The molecule has 3 aromatic rings. The molecule has 35 heavy (non-hydrogen) atoms. The van der Waals surface area contributed by atoms with Crippen LogP contribution in [-0.4, -0.2) is 49.7 Å². The maximum Gasteiger partial charge on any atom is 0.237 e. The van der Waals surface area contributed by atoms with E-state index in [9.17, 15) is 4.79 Å². The number of methoxy groups -OCH3 is 1. The number of benzene rings is 3. The molecule has 1 fully saturated rings. The summed E-state index contributed by atoms with van der Waals surface area (Å²) in [7, 11) is 1.63. The standard InChI is InChI=1S/C28H32ClN3O3/c1-34-15-14-30-28(33)27-17-24(20-32(27)19-21-10-12-23(29)13-11-21)31-18-22-6-5-9-26(16-22)35-25-7-3-2-4-8-25/h2-13,16,24,27,31H,14-15,17-20H2,1H3,(H,30,33)/t24-,27+/m1/s1. The number of amides is 1. The highest BCUT2D eigenvalue weighted by Gasteiger charge is 2.36. The number of hydrogen-bond donors (Lipinski definition) is 2. The Morgan fingerprint density at radius 1 is 1.00 bits per heavy atom. The lowest BCUT2D eigenvalue weighted by Gasteiger charge is -2.23. The molecule has 7 heteroatoms. The van der Waals surface area contributed by atoms with Crippen LogP contribution in [0.2, 0.25) is 5.02 Å². The zero-order valence-corrected chi connectivity index (χ0v) is 20.7. The van der Waals surface area contributed by atoms with Crippen LogP contribution in [-0.2, 0) is 22.6 Å². The molecule has 0 radical (unpaired) electrons. The molecule has 3 aromatic carbocycles. The van der Waals surface area contributed by atoms with Crippen LogP contribution in [0.15, 0.2) is 78.9 Å². The first-order chi connectivity index (χ1) is 17.1. The molecule has 0 spiro atoms. The summed E-state index contributed by atoms with van der Waals surface area (Å²) in [6, 6.07) is 25.7. The van der Waals surface area contributed by atoms with Crippen molar-refractivity contribution in [2.75, 3.05) is 26.8 Å². The van der Waals surface area contributed by atoms with Crippen LogP contribution in [0.4, 0.5) is 0 Å². The van der Waals surface area contributed by atoms with Gasteiger partial charge in [-0.15, -0.1) is 0 Å². The lowest BCUT2D eigenvalue weighted by atomic mass is 10.1. The van der Waals surface area contributed by atoms with Gasteiger partial charge in [0, 0.05) is 44.4 Å². The van der Waals surface area contributed by atoms with Gasteiger partial charge in [0.05, 0.1) is 12.6 Å². The third kappa shape index (κ3) is 7.54. The monoisotopic (exact) mass is 493 g/mol. The van der Waals surface area contributed by atoms with E-state index in [0.29, 0.717) is 31.3 Å². The molecule has 0 unspecified atom stereocenters. The van der Waals surface area contributed by atoms with Crippen molar-refractivity contribution in [1.29, 1.82) is 0 Å². The zero-order chi connectivity index (χ0) is 24.5. The highest BCUT2D eigenvalue weighted by atomic mass is 35.5. The van der Waals surface area contributed by atoms with Crippen molar-refractivity contribution >= 4 is 17.5 Å². The molecule has 4 rings (SSSR count). The molecule has 2 N–H and O–H groups in total. The van der Waals surface area contributed by atoms with Crippen molar-refractivity contribution < 1.29 is 14.3 Å². The molecule has 1 amide bonds. The van der Waals surface area contributed by atoms with Crippen molar-refractivity contribution in [1.82, 2.24) is 15.5 Å². The van der Waals surface area contributed by atoms with E-state index in [1.54, 1.807) is 7.11 Å². The molecule has 184 valence electrons. The van der Waals surface area contributed by atoms with E-state index >= 15 is 0 Å². The topological polar surface area (TPSA) is 62.8 Å².